The third-order valence-electron chi connectivity index (χ3n) is 3.62. The highest BCUT2D eigenvalue weighted by Gasteiger charge is 2.28. The van der Waals surface area contributed by atoms with E-state index < -0.39 is 11.9 Å². The van der Waals surface area contributed by atoms with Gasteiger partial charge in [-0.25, -0.2) is 4.98 Å². The Hall–Kier alpha value is -2.39. The summed E-state index contributed by atoms with van der Waals surface area (Å²) in [5.74, 6) is -1.75. The molecule has 1 aliphatic heterocycles. The Morgan fingerprint density at radius 2 is 2.08 bits per heavy atom. The minimum atomic E-state index is -2.48. The van der Waals surface area contributed by atoms with Gasteiger partial charge in [0, 0.05) is 4.90 Å². The van der Waals surface area contributed by atoms with Crippen LogP contribution >= 0.6 is 23.1 Å². The van der Waals surface area contributed by atoms with E-state index in [1.165, 1.54) is 11.3 Å². The van der Waals surface area contributed by atoms with Crippen LogP contribution < -0.4 is 14.8 Å². The fourth-order valence-corrected chi connectivity index (χ4v) is 3.99. The number of carbonyl (C=O) groups is 1. The Morgan fingerprint density at radius 1 is 1.27 bits per heavy atom. The fraction of sp³-hybridized carbons (Fsp3) is 0.176. The van der Waals surface area contributed by atoms with Crippen LogP contribution in [0, 0.1) is 0 Å². The average Bonchev–Trinajstić information content (AvgIpc) is 3.02. The molecule has 0 unspecified atom stereocenters. The number of hydrogen-bond donors (Lipinski definition) is 1. The molecule has 1 aromatic heterocycles. The number of thioether (sulfide) groups is 1. The van der Waals surface area contributed by atoms with Crippen molar-refractivity contribution < 1.29 is 23.0 Å². The third-order valence-corrected chi connectivity index (χ3v) is 5.25. The van der Waals surface area contributed by atoms with E-state index in [1.54, 1.807) is 36.4 Å². The monoisotopic (exact) mass is 394 g/mol. The van der Waals surface area contributed by atoms with Gasteiger partial charge in [-0.1, -0.05) is 35.2 Å². The second-order valence-corrected chi connectivity index (χ2v) is 7.47. The number of hydrogen-bond acceptors (Lipinski definition) is 6. The zero-order valence-electron chi connectivity index (χ0n) is 13.1. The molecular formula is C17H12F2N2O3S2. The van der Waals surface area contributed by atoms with Crippen molar-refractivity contribution >= 4 is 44.4 Å². The molecule has 26 heavy (non-hydrogen) atoms. The zero-order chi connectivity index (χ0) is 18.1. The van der Waals surface area contributed by atoms with Crippen LogP contribution in [0.5, 0.6) is 11.5 Å². The van der Waals surface area contributed by atoms with Crippen molar-refractivity contribution in [2.75, 3.05) is 11.9 Å². The molecule has 0 bridgehead atoms. The number of thiazole rings is 1. The van der Waals surface area contributed by atoms with Gasteiger partial charge < -0.3 is 9.47 Å². The summed E-state index contributed by atoms with van der Waals surface area (Å²) in [6.45, 7) is 0.100. The van der Waals surface area contributed by atoms with Crippen LogP contribution in [0.1, 0.15) is 0 Å². The van der Waals surface area contributed by atoms with E-state index in [0.717, 1.165) is 4.70 Å². The first-order valence-corrected chi connectivity index (χ1v) is 9.33. The summed E-state index contributed by atoms with van der Waals surface area (Å²) in [7, 11) is 0. The molecule has 0 saturated carbocycles. The smallest absolute Gasteiger partial charge is 0.288 e. The van der Waals surface area contributed by atoms with Gasteiger partial charge in [0.2, 0.25) is 6.10 Å². The Bertz CT molecular complexity index is 964. The number of para-hydroxylation sites is 2. The minimum Gasteiger partial charge on any atom is -0.485 e. The van der Waals surface area contributed by atoms with E-state index >= 15 is 0 Å². The van der Waals surface area contributed by atoms with Gasteiger partial charge in [0.05, 0.1) is 10.2 Å². The van der Waals surface area contributed by atoms with Gasteiger partial charge in [0.15, 0.2) is 16.6 Å². The van der Waals surface area contributed by atoms with Crippen LogP contribution in [0.25, 0.3) is 10.2 Å². The first kappa shape index (κ1) is 17.0. The molecule has 9 heteroatoms. The summed E-state index contributed by atoms with van der Waals surface area (Å²) in [6.07, 6.45) is -0.790. The standard InChI is InChI=1S/C17H12F2N2O3S2/c18-16(19)25-9-5-6-10-14(7-9)26-17(20-10)21-15(22)13-8-23-11-3-1-2-4-12(11)24-13/h1-7,13,16H,8H2,(H,20,21,22)/t13-/m1/s1. The summed E-state index contributed by atoms with van der Waals surface area (Å²) in [5.41, 5.74) is 0.634. The molecule has 0 aliphatic carbocycles. The van der Waals surface area contributed by atoms with E-state index in [-0.39, 0.29) is 12.5 Å². The van der Waals surface area contributed by atoms with Gasteiger partial charge in [0.25, 0.3) is 11.7 Å². The van der Waals surface area contributed by atoms with Crippen LogP contribution in [0.15, 0.2) is 47.4 Å². The van der Waals surface area contributed by atoms with Crippen molar-refractivity contribution in [3.8, 4) is 11.5 Å². The molecule has 3 aromatic rings. The number of anilines is 1. The van der Waals surface area contributed by atoms with E-state index in [9.17, 15) is 13.6 Å². The molecule has 134 valence electrons. The van der Waals surface area contributed by atoms with E-state index in [1.807, 2.05) is 6.07 Å². The van der Waals surface area contributed by atoms with Crippen molar-refractivity contribution in [3.05, 3.63) is 42.5 Å². The highest BCUT2D eigenvalue weighted by Crippen LogP contribution is 2.33. The van der Waals surface area contributed by atoms with Crippen molar-refractivity contribution in [1.82, 2.24) is 4.98 Å². The zero-order valence-corrected chi connectivity index (χ0v) is 14.8. The molecule has 1 N–H and O–H groups in total. The van der Waals surface area contributed by atoms with E-state index in [0.29, 0.717) is 38.8 Å². The molecule has 0 saturated heterocycles. The lowest BCUT2D eigenvalue weighted by atomic mass is 10.2. The van der Waals surface area contributed by atoms with Gasteiger partial charge in [-0.15, -0.1) is 0 Å². The normalized spacial score (nSPS) is 16.0. The molecule has 4 rings (SSSR count). The molecule has 2 heterocycles. The molecule has 0 spiro atoms. The highest BCUT2D eigenvalue weighted by atomic mass is 32.2. The quantitative estimate of drug-likeness (QED) is 0.665. The summed E-state index contributed by atoms with van der Waals surface area (Å²) in [6, 6.07) is 12.0. The lowest BCUT2D eigenvalue weighted by Crippen LogP contribution is -2.40. The number of nitrogens with one attached hydrogen (secondary N) is 1. The Morgan fingerprint density at radius 3 is 2.88 bits per heavy atom. The maximum atomic E-state index is 12.5. The molecule has 5 nitrogen and oxygen atoms in total. The predicted molar refractivity (Wildman–Crippen MR) is 96.5 cm³/mol. The van der Waals surface area contributed by atoms with Crippen molar-refractivity contribution in [2.24, 2.45) is 0 Å². The number of alkyl halides is 2. The molecule has 1 atom stereocenters. The fourth-order valence-electron chi connectivity index (χ4n) is 2.47. The van der Waals surface area contributed by atoms with Crippen LogP contribution in [0.3, 0.4) is 0 Å². The highest BCUT2D eigenvalue weighted by molar-refractivity contribution is 7.99. The summed E-state index contributed by atoms with van der Waals surface area (Å²) < 4.78 is 36.9. The average molecular weight is 394 g/mol. The minimum absolute atomic E-state index is 0.100. The van der Waals surface area contributed by atoms with Gasteiger partial charge in [-0.2, -0.15) is 8.78 Å². The number of nitrogens with zero attached hydrogens (tertiary/aromatic N) is 1. The summed E-state index contributed by atoms with van der Waals surface area (Å²) in [4.78, 5) is 17.2. The molecule has 1 amide bonds. The van der Waals surface area contributed by atoms with Crippen LogP contribution in [0.2, 0.25) is 0 Å². The van der Waals surface area contributed by atoms with Crippen LogP contribution in [-0.4, -0.2) is 29.4 Å². The van der Waals surface area contributed by atoms with Crippen molar-refractivity contribution in [1.29, 1.82) is 0 Å². The Labute approximate surface area is 155 Å². The predicted octanol–water partition coefficient (Wildman–Crippen LogP) is 4.39. The van der Waals surface area contributed by atoms with Crippen molar-refractivity contribution in [3.63, 3.8) is 0 Å². The number of carbonyl (C=O) groups excluding carboxylic acids is 1. The lowest BCUT2D eigenvalue weighted by Gasteiger charge is -2.25. The Kier molecular flexibility index (Phi) is 4.64. The van der Waals surface area contributed by atoms with E-state index in [2.05, 4.69) is 10.3 Å². The molecule has 0 radical (unpaired) electrons. The number of fused-ring (bicyclic) bond motifs is 2. The lowest BCUT2D eigenvalue weighted by molar-refractivity contribution is -0.125. The van der Waals surface area contributed by atoms with Crippen LogP contribution in [0.4, 0.5) is 13.9 Å². The molecule has 1 aliphatic rings. The van der Waals surface area contributed by atoms with Crippen molar-refractivity contribution in [2.45, 2.75) is 16.8 Å². The number of halogens is 2. The first-order chi connectivity index (χ1) is 12.6. The van der Waals surface area contributed by atoms with E-state index in [4.69, 9.17) is 9.47 Å². The number of amides is 1. The summed E-state index contributed by atoms with van der Waals surface area (Å²) >= 11 is 1.69. The maximum Gasteiger partial charge on any atom is 0.288 e. The topological polar surface area (TPSA) is 60.5 Å². The molecule has 0 fully saturated rings. The number of benzene rings is 2. The van der Waals surface area contributed by atoms with Crippen LogP contribution in [-0.2, 0) is 4.79 Å². The summed E-state index contributed by atoms with van der Waals surface area (Å²) in [5, 5.41) is 3.08. The maximum absolute atomic E-state index is 12.5. The van der Waals surface area contributed by atoms with Gasteiger partial charge in [-0.05, 0) is 30.3 Å². The number of rotatable bonds is 4. The number of ether oxygens (including phenoxy) is 2. The molecular weight excluding hydrogens is 382 g/mol. The second-order valence-electron chi connectivity index (χ2n) is 5.38. The van der Waals surface area contributed by atoms with Gasteiger partial charge >= 0.3 is 0 Å². The largest absolute Gasteiger partial charge is 0.485 e. The Balaban J connectivity index is 1.47. The molecule has 2 aromatic carbocycles. The SMILES string of the molecule is O=C(Nc1nc2ccc(SC(F)F)cc2s1)[C@H]1COc2ccccc2O1. The number of aromatic nitrogens is 1. The van der Waals surface area contributed by atoms with Gasteiger partial charge in [-0.3, -0.25) is 10.1 Å². The second kappa shape index (κ2) is 7.08. The van der Waals surface area contributed by atoms with Gasteiger partial charge in [0.1, 0.15) is 6.61 Å². The first-order valence-electron chi connectivity index (χ1n) is 7.63. The third kappa shape index (κ3) is 3.58.